The molecule has 0 fully saturated rings. The van der Waals surface area contributed by atoms with E-state index in [1.165, 1.54) is 0 Å². The molecule has 4 rings (SSSR count). The van der Waals surface area contributed by atoms with E-state index in [9.17, 15) is 4.79 Å². The second kappa shape index (κ2) is 8.58. The molecular formula is C23H19N3O2S. The molecule has 29 heavy (non-hydrogen) atoms. The number of nitrogens with one attached hydrogen (secondary N) is 2. The summed E-state index contributed by atoms with van der Waals surface area (Å²) >= 11 is 1.60. The molecule has 0 bridgehead atoms. The summed E-state index contributed by atoms with van der Waals surface area (Å²) in [5.74, 6) is 1.43. The number of aromatic nitrogens is 1. The number of thiazole rings is 1. The Hall–Kier alpha value is -3.64. The molecule has 0 spiro atoms. The molecule has 0 aliphatic heterocycles. The maximum absolute atomic E-state index is 12.1. The van der Waals surface area contributed by atoms with Crippen LogP contribution in [0.2, 0.25) is 0 Å². The van der Waals surface area contributed by atoms with Crippen molar-refractivity contribution in [3.05, 3.63) is 89.9 Å². The first-order chi connectivity index (χ1) is 14.2. The van der Waals surface area contributed by atoms with E-state index in [1.54, 1.807) is 29.7 Å². The number of hydrogen-bond acceptors (Lipinski definition) is 4. The van der Waals surface area contributed by atoms with Crippen LogP contribution < -0.4 is 15.4 Å². The Morgan fingerprint density at radius 1 is 0.828 bits per heavy atom. The Bertz CT molecular complexity index is 1070. The zero-order chi connectivity index (χ0) is 20.1. The molecule has 6 heteroatoms. The Labute approximate surface area is 173 Å². The van der Waals surface area contributed by atoms with E-state index < -0.39 is 0 Å². The topological polar surface area (TPSA) is 63.2 Å². The van der Waals surface area contributed by atoms with Gasteiger partial charge >= 0.3 is 6.03 Å². The van der Waals surface area contributed by atoms with Crippen LogP contribution in [0, 0.1) is 6.92 Å². The Kier molecular flexibility index (Phi) is 5.54. The predicted molar refractivity (Wildman–Crippen MR) is 118 cm³/mol. The minimum atomic E-state index is -0.291. The molecule has 3 aromatic carbocycles. The van der Waals surface area contributed by atoms with Gasteiger partial charge in [-0.1, -0.05) is 17.7 Å². The standard InChI is InChI=1S/C23H19N3O2S/c1-16-2-6-18(7-3-16)25-23(27)26-19-8-12-21(13-9-19)28-20-10-4-17(5-11-20)22-24-14-15-29-22/h2-15H,1H3,(H2,25,26,27). The number of carbonyl (C=O) groups is 1. The number of anilines is 2. The molecule has 0 unspecified atom stereocenters. The van der Waals surface area contributed by atoms with Crippen LogP contribution >= 0.6 is 11.3 Å². The highest BCUT2D eigenvalue weighted by atomic mass is 32.1. The predicted octanol–water partition coefficient (Wildman–Crippen LogP) is 6.55. The highest BCUT2D eigenvalue weighted by Gasteiger charge is 2.05. The van der Waals surface area contributed by atoms with Gasteiger partial charge in [-0.2, -0.15) is 0 Å². The van der Waals surface area contributed by atoms with Crippen molar-refractivity contribution in [2.24, 2.45) is 0 Å². The van der Waals surface area contributed by atoms with Crippen molar-refractivity contribution in [1.82, 2.24) is 4.98 Å². The van der Waals surface area contributed by atoms with Gasteiger partial charge in [0.05, 0.1) is 0 Å². The normalized spacial score (nSPS) is 10.4. The summed E-state index contributed by atoms with van der Waals surface area (Å²) in [6.45, 7) is 2.00. The van der Waals surface area contributed by atoms with Crippen molar-refractivity contribution in [3.63, 3.8) is 0 Å². The van der Waals surface area contributed by atoms with E-state index in [4.69, 9.17) is 4.74 Å². The summed E-state index contributed by atoms with van der Waals surface area (Å²) < 4.78 is 5.87. The first kappa shape index (κ1) is 18.7. The van der Waals surface area contributed by atoms with Gasteiger partial charge in [-0.15, -0.1) is 11.3 Å². The van der Waals surface area contributed by atoms with E-state index in [0.29, 0.717) is 11.4 Å². The van der Waals surface area contributed by atoms with E-state index in [2.05, 4.69) is 15.6 Å². The van der Waals surface area contributed by atoms with Crippen LogP contribution in [0.5, 0.6) is 11.5 Å². The first-order valence-corrected chi connectivity index (χ1v) is 9.96. The van der Waals surface area contributed by atoms with Crippen LogP contribution in [0.3, 0.4) is 0 Å². The SMILES string of the molecule is Cc1ccc(NC(=O)Nc2ccc(Oc3ccc(-c4nccs4)cc3)cc2)cc1. The van der Waals surface area contributed by atoms with Gasteiger partial charge in [0.25, 0.3) is 0 Å². The van der Waals surface area contributed by atoms with E-state index in [1.807, 2.05) is 73.0 Å². The fraction of sp³-hybridized carbons (Fsp3) is 0.0435. The quantitative estimate of drug-likeness (QED) is 0.398. The van der Waals surface area contributed by atoms with Gasteiger partial charge in [-0.05, 0) is 67.6 Å². The molecule has 144 valence electrons. The number of benzene rings is 3. The zero-order valence-electron chi connectivity index (χ0n) is 15.8. The Morgan fingerprint density at radius 3 is 1.93 bits per heavy atom. The summed E-state index contributed by atoms with van der Waals surface area (Å²) in [6.07, 6.45) is 1.79. The van der Waals surface area contributed by atoms with Crippen LogP contribution in [0.1, 0.15) is 5.56 Å². The lowest BCUT2D eigenvalue weighted by atomic mass is 10.2. The molecule has 2 N–H and O–H groups in total. The number of carbonyl (C=O) groups excluding carboxylic acids is 1. The van der Waals surface area contributed by atoms with Crippen molar-refractivity contribution in [1.29, 1.82) is 0 Å². The van der Waals surface area contributed by atoms with Crippen LogP contribution in [0.4, 0.5) is 16.2 Å². The van der Waals surface area contributed by atoms with Crippen molar-refractivity contribution < 1.29 is 9.53 Å². The molecule has 1 heterocycles. The van der Waals surface area contributed by atoms with Crippen LogP contribution in [0.25, 0.3) is 10.6 Å². The Balaban J connectivity index is 1.34. The molecule has 0 atom stereocenters. The highest BCUT2D eigenvalue weighted by Crippen LogP contribution is 2.27. The van der Waals surface area contributed by atoms with E-state index >= 15 is 0 Å². The number of nitrogens with zero attached hydrogens (tertiary/aromatic N) is 1. The second-order valence-electron chi connectivity index (χ2n) is 6.43. The average Bonchev–Trinajstić information content (AvgIpc) is 3.27. The van der Waals surface area contributed by atoms with Gasteiger partial charge < -0.3 is 15.4 Å². The lowest BCUT2D eigenvalue weighted by molar-refractivity contribution is 0.262. The number of rotatable bonds is 5. The summed E-state index contributed by atoms with van der Waals surface area (Å²) in [5.41, 5.74) is 3.63. The summed E-state index contributed by atoms with van der Waals surface area (Å²) in [6, 6.07) is 22.4. The van der Waals surface area contributed by atoms with Gasteiger partial charge in [0.1, 0.15) is 16.5 Å². The van der Waals surface area contributed by atoms with Gasteiger partial charge in [-0.3, -0.25) is 0 Å². The van der Waals surface area contributed by atoms with Crippen LogP contribution in [0.15, 0.2) is 84.4 Å². The van der Waals surface area contributed by atoms with Gasteiger partial charge in [0.2, 0.25) is 0 Å². The minimum absolute atomic E-state index is 0.291. The van der Waals surface area contributed by atoms with Crippen molar-refractivity contribution in [2.75, 3.05) is 10.6 Å². The van der Waals surface area contributed by atoms with Crippen molar-refractivity contribution in [2.45, 2.75) is 6.92 Å². The molecule has 0 radical (unpaired) electrons. The van der Waals surface area contributed by atoms with Gasteiger partial charge in [-0.25, -0.2) is 9.78 Å². The third-order valence-electron chi connectivity index (χ3n) is 4.19. The molecule has 1 aromatic heterocycles. The van der Waals surface area contributed by atoms with E-state index in [-0.39, 0.29) is 6.03 Å². The third-order valence-corrected chi connectivity index (χ3v) is 5.01. The third kappa shape index (κ3) is 5.00. The molecular weight excluding hydrogens is 382 g/mol. The largest absolute Gasteiger partial charge is 0.457 e. The number of amides is 2. The van der Waals surface area contributed by atoms with E-state index in [0.717, 1.165) is 27.6 Å². The number of hydrogen-bond donors (Lipinski definition) is 2. The molecule has 0 aliphatic carbocycles. The lowest BCUT2D eigenvalue weighted by Gasteiger charge is -2.10. The molecule has 0 saturated heterocycles. The number of urea groups is 1. The van der Waals surface area contributed by atoms with Crippen LogP contribution in [-0.2, 0) is 0 Å². The maximum atomic E-state index is 12.1. The molecule has 0 aliphatic rings. The van der Waals surface area contributed by atoms with Crippen molar-refractivity contribution in [3.8, 4) is 22.1 Å². The average molecular weight is 401 g/mol. The number of aryl methyl sites for hydroxylation is 1. The molecule has 4 aromatic rings. The molecule has 0 saturated carbocycles. The first-order valence-electron chi connectivity index (χ1n) is 9.08. The summed E-state index contributed by atoms with van der Waals surface area (Å²) in [5, 5.41) is 8.55. The number of ether oxygens (including phenoxy) is 1. The van der Waals surface area contributed by atoms with Gasteiger partial charge in [0, 0.05) is 28.5 Å². The smallest absolute Gasteiger partial charge is 0.323 e. The van der Waals surface area contributed by atoms with Crippen molar-refractivity contribution >= 4 is 28.7 Å². The minimum Gasteiger partial charge on any atom is -0.457 e. The monoisotopic (exact) mass is 401 g/mol. The second-order valence-corrected chi connectivity index (χ2v) is 7.33. The zero-order valence-corrected chi connectivity index (χ0v) is 16.6. The lowest BCUT2D eigenvalue weighted by Crippen LogP contribution is -2.19. The fourth-order valence-corrected chi connectivity index (χ4v) is 3.35. The maximum Gasteiger partial charge on any atom is 0.323 e. The fourth-order valence-electron chi connectivity index (χ4n) is 2.70. The summed E-state index contributed by atoms with van der Waals surface area (Å²) in [4.78, 5) is 16.4. The molecule has 5 nitrogen and oxygen atoms in total. The highest BCUT2D eigenvalue weighted by molar-refractivity contribution is 7.13. The Morgan fingerprint density at radius 2 is 1.38 bits per heavy atom. The van der Waals surface area contributed by atoms with Gasteiger partial charge in [0.15, 0.2) is 0 Å². The summed E-state index contributed by atoms with van der Waals surface area (Å²) in [7, 11) is 0. The molecule has 2 amide bonds. The van der Waals surface area contributed by atoms with Crippen LogP contribution in [-0.4, -0.2) is 11.0 Å².